The minimum Gasteiger partial charge on any atom is -0.455 e. The molecule has 10 rings (SSSR count). The van der Waals surface area contributed by atoms with Crippen molar-refractivity contribution < 1.29 is 8.83 Å². The van der Waals surface area contributed by atoms with Gasteiger partial charge >= 0.3 is 0 Å². The topological polar surface area (TPSA) is 29.5 Å². The van der Waals surface area contributed by atoms with E-state index in [4.69, 9.17) is 8.83 Å². The monoisotopic (exact) mass is 653 g/mol. The van der Waals surface area contributed by atoms with Crippen LogP contribution >= 0.6 is 0 Å². The second kappa shape index (κ2) is 11.9. The summed E-state index contributed by atoms with van der Waals surface area (Å²) < 4.78 is 13.4. The van der Waals surface area contributed by atoms with Crippen molar-refractivity contribution in [1.29, 1.82) is 0 Å². The van der Waals surface area contributed by atoms with Crippen LogP contribution < -0.4 is 4.90 Å². The molecule has 51 heavy (non-hydrogen) atoms. The maximum absolute atomic E-state index is 6.70. The van der Waals surface area contributed by atoms with Crippen molar-refractivity contribution in [1.82, 2.24) is 0 Å². The third-order valence-corrected chi connectivity index (χ3v) is 9.91. The van der Waals surface area contributed by atoms with Crippen LogP contribution in [0.2, 0.25) is 0 Å². The minimum absolute atomic E-state index is 0.840. The molecular formula is C48H31NO2. The van der Waals surface area contributed by atoms with Gasteiger partial charge in [-0.3, -0.25) is 0 Å². The van der Waals surface area contributed by atoms with Crippen molar-refractivity contribution in [2.45, 2.75) is 0 Å². The molecule has 0 amide bonds. The molecule has 240 valence electrons. The van der Waals surface area contributed by atoms with E-state index in [2.05, 4.69) is 169 Å². The van der Waals surface area contributed by atoms with Gasteiger partial charge in [-0.05, 0) is 70.3 Å². The van der Waals surface area contributed by atoms with Gasteiger partial charge in [0.15, 0.2) is 5.58 Å². The lowest BCUT2D eigenvalue weighted by atomic mass is 9.99. The van der Waals surface area contributed by atoms with E-state index < -0.39 is 0 Å². The summed E-state index contributed by atoms with van der Waals surface area (Å²) in [5, 5.41) is 4.30. The Kier molecular flexibility index (Phi) is 6.81. The number of benzene rings is 8. The van der Waals surface area contributed by atoms with Gasteiger partial charge in [0, 0.05) is 27.4 Å². The summed E-state index contributed by atoms with van der Waals surface area (Å²) in [5.41, 5.74) is 13.3. The highest BCUT2D eigenvalue weighted by Gasteiger charge is 2.24. The van der Waals surface area contributed by atoms with Gasteiger partial charge in [0.1, 0.15) is 16.7 Å². The van der Waals surface area contributed by atoms with Crippen molar-refractivity contribution in [3.63, 3.8) is 0 Å². The van der Waals surface area contributed by atoms with Gasteiger partial charge in [-0.15, -0.1) is 0 Å². The maximum atomic E-state index is 6.70. The number of rotatable bonds is 6. The van der Waals surface area contributed by atoms with Crippen molar-refractivity contribution >= 4 is 60.9 Å². The zero-order valence-electron chi connectivity index (χ0n) is 27.7. The number of hydrogen-bond acceptors (Lipinski definition) is 3. The molecule has 10 aromatic rings. The summed E-state index contributed by atoms with van der Waals surface area (Å²) in [4.78, 5) is 2.33. The maximum Gasteiger partial charge on any atom is 0.159 e. The minimum atomic E-state index is 0.840. The highest BCUT2D eigenvalue weighted by molar-refractivity contribution is 6.18. The lowest BCUT2D eigenvalue weighted by Crippen LogP contribution is -2.10. The molecule has 3 heteroatoms. The van der Waals surface area contributed by atoms with E-state index in [1.165, 1.54) is 16.7 Å². The second-order valence-electron chi connectivity index (χ2n) is 12.9. The van der Waals surface area contributed by atoms with E-state index in [1.54, 1.807) is 0 Å². The molecule has 3 nitrogen and oxygen atoms in total. The molecule has 0 atom stereocenters. The SMILES string of the molecule is c1ccc(-c2ccc(-c3ccc(N(c4cccc5c4oc4ccccc45)c4ccc(-c5ccccc5)c5oc6ccccc6c45)cc3)cc2)cc1. The fraction of sp³-hybridized carbons (Fsp3) is 0. The summed E-state index contributed by atoms with van der Waals surface area (Å²) in [6, 6.07) is 66.0. The van der Waals surface area contributed by atoms with Crippen LogP contribution in [0.5, 0.6) is 0 Å². The third-order valence-electron chi connectivity index (χ3n) is 9.91. The molecule has 0 aliphatic carbocycles. The summed E-state index contributed by atoms with van der Waals surface area (Å²) in [7, 11) is 0. The molecule has 0 fully saturated rings. The largest absolute Gasteiger partial charge is 0.455 e. The average Bonchev–Trinajstić information content (AvgIpc) is 3.79. The molecule has 0 spiro atoms. The fourth-order valence-corrected chi connectivity index (χ4v) is 7.45. The molecular weight excluding hydrogens is 623 g/mol. The molecule has 2 aromatic heterocycles. The number of para-hydroxylation sites is 3. The van der Waals surface area contributed by atoms with Crippen molar-refractivity contribution in [2.24, 2.45) is 0 Å². The van der Waals surface area contributed by atoms with E-state index in [1.807, 2.05) is 24.3 Å². The number of hydrogen-bond donors (Lipinski definition) is 0. The molecule has 0 aliphatic heterocycles. The fourth-order valence-electron chi connectivity index (χ4n) is 7.45. The van der Waals surface area contributed by atoms with Gasteiger partial charge in [-0.25, -0.2) is 0 Å². The first-order chi connectivity index (χ1) is 25.3. The van der Waals surface area contributed by atoms with Gasteiger partial charge in [-0.2, -0.15) is 0 Å². The summed E-state index contributed by atoms with van der Waals surface area (Å²) in [5.74, 6) is 0. The van der Waals surface area contributed by atoms with Crippen LogP contribution in [0.15, 0.2) is 197 Å². The van der Waals surface area contributed by atoms with Crippen LogP contribution in [-0.4, -0.2) is 0 Å². The van der Waals surface area contributed by atoms with E-state index in [-0.39, 0.29) is 0 Å². The molecule has 0 saturated heterocycles. The van der Waals surface area contributed by atoms with Crippen molar-refractivity contribution in [2.75, 3.05) is 4.90 Å². The Morgan fingerprint density at radius 2 is 0.824 bits per heavy atom. The molecule has 2 heterocycles. The molecule has 0 radical (unpaired) electrons. The predicted molar refractivity (Wildman–Crippen MR) is 212 cm³/mol. The number of nitrogens with zero attached hydrogens (tertiary/aromatic N) is 1. The zero-order chi connectivity index (χ0) is 33.7. The molecule has 0 N–H and O–H groups in total. The third kappa shape index (κ3) is 4.90. The number of fused-ring (bicyclic) bond motifs is 6. The first kappa shape index (κ1) is 29.1. The van der Waals surface area contributed by atoms with Gasteiger partial charge in [0.25, 0.3) is 0 Å². The normalized spacial score (nSPS) is 11.5. The van der Waals surface area contributed by atoms with Crippen LogP contribution in [0.3, 0.4) is 0 Å². The van der Waals surface area contributed by atoms with Gasteiger partial charge in [-0.1, -0.05) is 146 Å². The zero-order valence-corrected chi connectivity index (χ0v) is 27.7. The molecule has 0 unspecified atom stereocenters. The lowest BCUT2D eigenvalue weighted by Gasteiger charge is -2.27. The first-order valence-corrected chi connectivity index (χ1v) is 17.3. The molecule has 8 aromatic carbocycles. The van der Waals surface area contributed by atoms with Crippen molar-refractivity contribution in [3.05, 3.63) is 188 Å². The van der Waals surface area contributed by atoms with E-state index in [9.17, 15) is 0 Å². The van der Waals surface area contributed by atoms with Gasteiger partial charge < -0.3 is 13.7 Å². The van der Waals surface area contributed by atoms with Crippen LogP contribution in [0.4, 0.5) is 17.1 Å². The number of furan rings is 2. The second-order valence-corrected chi connectivity index (χ2v) is 12.9. The van der Waals surface area contributed by atoms with Crippen LogP contribution in [0.1, 0.15) is 0 Å². The Labute approximate surface area is 295 Å². The first-order valence-electron chi connectivity index (χ1n) is 17.3. The highest BCUT2D eigenvalue weighted by atomic mass is 16.3. The summed E-state index contributed by atoms with van der Waals surface area (Å²) in [6.07, 6.45) is 0. The molecule has 0 bridgehead atoms. The Balaban J connectivity index is 1.18. The van der Waals surface area contributed by atoms with Gasteiger partial charge in [0.05, 0.1) is 16.8 Å². The van der Waals surface area contributed by atoms with Crippen LogP contribution in [-0.2, 0) is 0 Å². The summed E-state index contributed by atoms with van der Waals surface area (Å²) in [6.45, 7) is 0. The predicted octanol–water partition coefficient (Wildman–Crippen LogP) is 14.0. The average molecular weight is 654 g/mol. The molecule has 0 saturated carbocycles. The van der Waals surface area contributed by atoms with Gasteiger partial charge in [0.2, 0.25) is 0 Å². The van der Waals surface area contributed by atoms with Crippen LogP contribution in [0, 0.1) is 0 Å². The van der Waals surface area contributed by atoms with E-state index in [0.29, 0.717) is 0 Å². The smallest absolute Gasteiger partial charge is 0.159 e. The molecule has 0 aliphatic rings. The lowest BCUT2D eigenvalue weighted by molar-refractivity contribution is 0.668. The standard InChI is InChI=1S/C48H31NO2/c1-3-12-32(13-4-1)33-22-24-34(25-23-33)35-26-28-37(29-27-35)49(43-19-11-18-40-39-16-7-9-20-44(39)50-47(40)43)42-31-30-38(36-14-5-2-6-15-36)48-46(42)41-17-8-10-21-45(41)51-48/h1-31H. The van der Waals surface area contributed by atoms with Crippen LogP contribution in [0.25, 0.3) is 77.3 Å². The van der Waals surface area contributed by atoms with Crippen molar-refractivity contribution in [3.8, 4) is 33.4 Å². The Bertz CT molecular complexity index is 2830. The quantitative estimate of drug-likeness (QED) is 0.179. The Hall–Kier alpha value is -6.84. The summed E-state index contributed by atoms with van der Waals surface area (Å²) >= 11 is 0. The van der Waals surface area contributed by atoms with E-state index in [0.717, 1.165) is 77.6 Å². The Morgan fingerprint density at radius 3 is 1.51 bits per heavy atom. The van der Waals surface area contributed by atoms with E-state index >= 15 is 0 Å². The highest BCUT2D eigenvalue weighted by Crippen LogP contribution is 2.48. The Morgan fingerprint density at radius 1 is 0.314 bits per heavy atom. The number of anilines is 3.